The van der Waals surface area contributed by atoms with Crippen LogP contribution in [0, 0.1) is 5.82 Å². The summed E-state index contributed by atoms with van der Waals surface area (Å²) in [5.74, 6) is 0.339. The Kier molecular flexibility index (Phi) is 5.75. The van der Waals surface area contributed by atoms with Crippen LogP contribution in [-0.2, 0) is 0 Å². The molecule has 2 amide bonds. The zero-order valence-electron chi connectivity index (χ0n) is 17.0. The number of hydrogen-bond donors (Lipinski definition) is 2. The molecule has 0 spiro atoms. The average molecular weight is 442 g/mol. The summed E-state index contributed by atoms with van der Waals surface area (Å²) in [5.41, 5.74) is 2.02. The van der Waals surface area contributed by atoms with Crippen molar-refractivity contribution in [2.45, 2.75) is 25.9 Å². The van der Waals surface area contributed by atoms with Gasteiger partial charge in [0.15, 0.2) is 0 Å². The number of fused-ring (bicyclic) bond motifs is 1. The topological polar surface area (TPSA) is 81.6 Å². The molecule has 1 aliphatic rings. The van der Waals surface area contributed by atoms with Crippen LogP contribution in [0.4, 0.5) is 32.3 Å². The smallest absolute Gasteiger partial charge is 0.331 e. The third-order valence-electron chi connectivity index (χ3n) is 5.18. The van der Waals surface area contributed by atoms with E-state index in [0.29, 0.717) is 22.2 Å². The van der Waals surface area contributed by atoms with Gasteiger partial charge in [0, 0.05) is 28.2 Å². The summed E-state index contributed by atoms with van der Waals surface area (Å²) in [6.07, 6.45) is 1.66. The van der Waals surface area contributed by atoms with Gasteiger partial charge in [0.1, 0.15) is 11.6 Å². The van der Waals surface area contributed by atoms with Crippen LogP contribution in [0.1, 0.15) is 25.5 Å². The SMILES string of the molecule is C[C@H](CO)N1C(=O)N(c2ccc(Cl)cc2)[C@@H](C)c2cnc(Nc3ccc(F)cc3)nc21. The number of hydrogen-bond acceptors (Lipinski definition) is 5. The van der Waals surface area contributed by atoms with Gasteiger partial charge < -0.3 is 10.4 Å². The quantitative estimate of drug-likeness (QED) is 0.588. The first-order chi connectivity index (χ1) is 14.9. The van der Waals surface area contributed by atoms with E-state index in [1.54, 1.807) is 54.4 Å². The van der Waals surface area contributed by atoms with E-state index in [4.69, 9.17) is 11.6 Å². The van der Waals surface area contributed by atoms with Gasteiger partial charge in [0.25, 0.3) is 0 Å². The van der Waals surface area contributed by atoms with Crippen LogP contribution in [0.2, 0.25) is 5.02 Å². The molecule has 0 bridgehead atoms. The molecule has 2 aromatic carbocycles. The molecule has 2 N–H and O–H groups in total. The molecule has 0 unspecified atom stereocenters. The summed E-state index contributed by atoms with van der Waals surface area (Å²) in [4.78, 5) is 25.5. The zero-order valence-corrected chi connectivity index (χ0v) is 17.7. The first-order valence-electron chi connectivity index (χ1n) is 9.77. The highest BCUT2D eigenvalue weighted by atomic mass is 35.5. The number of rotatable bonds is 5. The number of aliphatic hydroxyl groups excluding tert-OH is 1. The molecule has 1 aliphatic heterocycles. The van der Waals surface area contributed by atoms with Crippen molar-refractivity contribution in [1.82, 2.24) is 9.97 Å². The summed E-state index contributed by atoms with van der Waals surface area (Å²) in [7, 11) is 0. The van der Waals surface area contributed by atoms with Gasteiger partial charge in [0.05, 0.1) is 18.7 Å². The maximum Gasteiger partial charge on any atom is 0.331 e. The molecule has 4 rings (SSSR count). The highest BCUT2D eigenvalue weighted by Gasteiger charge is 2.40. The maximum atomic E-state index is 13.5. The lowest BCUT2D eigenvalue weighted by molar-refractivity contribution is 0.233. The number of urea groups is 1. The second-order valence-electron chi connectivity index (χ2n) is 7.31. The normalized spacial score (nSPS) is 16.8. The minimum absolute atomic E-state index is 0.237. The van der Waals surface area contributed by atoms with Crippen LogP contribution >= 0.6 is 11.6 Å². The van der Waals surface area contributed by atoms with E-state index in [0.717, 1.165) is 5.56 Å². The summed E-state index contributed by atoms with van der Waals surface area (Å²) < 4.78 is 13.2. The minimum atomic E-state index is -0.512. The van der Waals surface area contributed by atoms with Crippen molar-refractivity contribution in [2.75, 3.05) is 21.7 Å². The Morgan fingerprint density at radius 3 is 2.52 bits per heavy atom. The van der Waals surface area contributed by atoms with Crippen LogP contribution < -0.4 is 15.1 Å². The van der Waals surface area contributed by atoms with Crippen molar-refractivity contribution in [2.24, 2.45) is 0 Å². The van der Waals surface area contributed by atoms with Crippen LogP contribution in [-0.4, -0.2) is 33.8 Å². The minimum Gasteiger partial charge on any atom is -0.394 e. The standard InChI is InChI=1S/C22H21ClFN5O2/c1-13(12-30)28-20-19(11-25-21(27-20)26-17-7-5-16(24)6-8-17)14(2)29(22(28)31)18-9-3-15(23)4-10-18/h3-11,13-14,30H,12H2,1-2H3,(H,25,26,27)/t13-,14+/m1/s1. The Labute approximate surface area is 184 Å². The number of aromatic nitrogens is 2. The molecule has 3 aromatic rings. The average Bonchev–Trinajstić information content (AvgIpc) is 2.76. The Morgan fingerprint density at radius 1 is 1.19 bits per heavy atom. The molecule has 0 aliphatic carbocycles. The molecule has 0 radical (unpaired) electrons. The second kappa shape index (κ2) is 8.49. The van der Waals surface area contributed by atoms with Crippen molar-refractivity contribution in [3.63, 3.8) is 0 Å². The predicted molar refractivity (Wildman–Crippen MR) is 118 cm³/mol. The first kappa shape index (κ1) is 21.0. The number of benzene rings is 2. The third-order valence-corrected chi connectivity index (χ3v) is 5.44. The molecule has 2 heterocycles. The monoisotopic (exact) mass is 441 g/mol. The highest BCUT2D eigenvalue weighted by Crippen LogP contribution is 2.39. The number of nitrogens with one attached hydrogen (secondary N) is 1. The van der Waals surface area contributed by atoms with Crippen LogP contribution in [0.25, 0.3) is 0 Å². The number of carbonyl (C=O) groups excluding carboxylic acids is 1. The van der Waals surface area contributed by atoms with Crippen molar-refractivity contribution in [1.29, 1.82) is 0 Å². The molecular formula is C22H21ClFN5O2. The summed E-state index contributed by atoms with van der Waals surface area (Å²) >= 11 is 6.00. The van der Waals surface area contributed by atoms with E-state index in [1.807, 2.05) is 6.92 Å². The first-order valence-corrected chi connectivity index (χ1v) is 10.1. The molecule has 31 heavy (non-hydrogen) atoms. The van der Waals surface area contributed by atoms with E-state index < -0.39 is 6.04 Å². The Balaban J connectivity index is 1.75. The Morgan fingerprint density at radius 2 is 1.87 bits per heavy atom. The highest BCUT2D eigenvalue weighted by molar-refractivity contribution is 6.30. The Hall–Kier alpha value is -3.23. The van der Waals surface area contributed by atoms with Gasteiger partial charge in [-0.3, -0.25) is 9.80 Å². The van der Waals surface area contributed by atoms with Crippen molar-refractivity contribution >= 4 is 40.8 Å². The van der Waals surface area contributed by atoms with E-state index in [-0.39, 0.29) is 30.4 Å². The number of amides is 2. The fraction of sp³-hybridized carbons (Fsp3) is 0.227. The molecule has 2 atom stereocenters. The van der Waals surface area contributed by atoms with Gasteiger partial charge in [0.2, 0.25) is 5.95 Å². The molecule has 9 heteroatoms. The number of aliphatic hydroxyl groups is 1. The largest absolute Gasteiger partial charge is 0.394 e. The lowest BCUT2D eigenvalue weighted by atomic mass is 10.0. The van der Waals surface area contributed by atoms with E-state index in [1.165, 1.54) is 17.0 Å². The molecule has 0 saturated carbocycles. The lowest BCUT2D eigenvalue weighted by Crippen LogP contribution is -2.54. The Bertz CT molecular complexity index is 1090. The van der Waals surface area contributed by atoms with Gasteiger partial charge in [-0.2, -0.15) is 4.98 Å². The number of halogens is 2. The van der Waals surface area contributed by atoms with Crippen LogP contribution in [0.3, 0.4) is 0 Å². The molecular weight excluding hydrogens is 421 g/mol. The molecule has 7 nitrogen and oxygen atoms in total. The van der Waals surface area contributed by atoms with Crippen LogP contribution in [0.5, 0.6) is 0 Å². The third kappa shape index (κ3) is 4.04. The second-order valence-corrected chi connectivity index (χ2v) is 7.75. The molecule has 1 aromatic heterocycles. The lowest BCUT2D eigenvalue weighted by Gasteiger charge is -2.42. The van der Waals surface area contributed by atoms with Crippen molar-refractivity contribution < 1.29 is 14.3 Å². The van der Waals surface area contributed by atoms with Crippen molar-refractivity contribution in [3.8, 4) is 0 Å². The zero-order chi connectivity index (χ0) is 22.1. The van der Waals surface area contributed by atoms with Crippen molar-refractivity contribution in [3.05, 3.63) is 71.1 Å². The summed E-state index contributed by atoms with van der Waals surface area (Å²) in [6, 6.07) is 11.6. The van der Waals surface area contributed by atoms with Gasteiger partial charge in [-0.25, -0.2) is 14.2 Å². The number of nitrogens with zero attached hydrogens (tertiary/aromatic N) is 4. The molecule has 160 valence electrons. The van der Waals surface area contributed by atoms with Crippen LogP contribution in [0.15, 0.2) is 54.7 Å². The summed E-state index contributed by atoms with van der Waals surface area (Å²) in [6.45, 7) is 3.40. The van der Waals surface area contributed by atoms with E-state index in [2.05, 4.69) is 15.3 Å². The summed E-state index contributed by atoms with van der Waals surface area (Å²) in [5, 5.41) is 13.4. The fourth-order valence-corrected chi connectivity index (χ4v) is 3.64. The van der Waals surface area contributed by atoms with E-state index >= 15 is 0 Å². The number of anilines is 4. The molecule has 0 saturated heterocycles. The fourth-order valence-electron chi connectivity index (χ4n) is 3.52. The van der Waals surface area contributed by atoms with Gasteiger partial charge in [-0.05, 0) is 62.4 Å². The number of carbonyl (C=O) groups is 1. The molecule has 0 fully saturated rings. The maximum absolute atomic E-state index is 13.5. The van der Waals surface area contributed by atoms with Gasteiger partial charge >= 0.3 is 6.03 Å². The predicted octanol–water partition coefficient (Wildman–Crippen LogP) is 4.90. The van der Waals surface area contributed by atoms with E-state index in [9.17, 15) is 14.3 Å². The van der Waals surface area contributed by atoms with Gasteiger partial charge in [-0.1, -0.05) is 11.6 Å². The van der Waals surface area contributed by atoms with Gasteiger partial charge in [-0.15, -0.1) is 0 Å².